The summed E-state index contributed by atoms with van der Waals surface area (Å²) in [4.78, 5) is 43.4. The second-order valence-corrected chi connectivity index (χ2v) is 11.5. The van der Waals surface area contributed by atoms with Crippen molar-refractivity contribution in [3.63, 3.8) is 0 Å². The number of esters is 1. The number of ether oxygens (including phenoxy) is 3. The largest absolute Gasteiger partial charge is 0.478 e. The monoisotopic (exact) mass is 537 g/mol. The van der Waals surface area contributed by atoms with Crippen LogP contribution in [0.4, 0.5) is 10.5 Å². The van der Waals surface area contributed by atoms with Gasteiger partial charge in [0.25, 0.3) is 5.91 Å². The summed E-state index contributed by atoms with van der Waals surface area (Å²) >= 11 is 6.42. The van der Waals surface area contributed by atoms with Gasteiger partial charge < -0.3 is 28.9 Å². The highest BCUT2D eigenvalue weighted by molar-refractivity contribution is 6.31. The summed E-state index contributed by atoms with van der Waals surface area (Å²) in [6, 6.07) is 5.38. The van der Waals surface area contributed by atoms with Crippen LogP contribution in [0.5, 0.6) is 5.75 Å². The zero-order valence-corrected chi connectivity index (χ0v) is 23.6. The third-order valence-corrected chi connectivity index (χ3v) is 6.59. The molecular weight excluding hydrogens is 498 g/mol. The van der Waals surface area contributed by atoms with Gasteiger partial charge in [-0.2, -0.15) is 0 Å². The first kappa shape index (κ1) is 28.9. The highest BCUT2D eigenvalue weighted by Crippen LogP contribution is 2.32. The van der Waals surface area contributed by atoms with E-state index < -0.39 is 11.2 Å². The molecule has 10 heteroatoms. The smallest absolute Gasteiger partial charge is 0.410 e. The van der Waals surface area contributed by atoms with Crippen molar-refractivity contribution in [1.82, 2.24) is 9.80 Å². The van der Waals surface area contributed by atoms with Gasteiger partial charge in [0, 0.05) is 56.0 Å². The first-order valence-corrected chi connectivity index (χ1v) is 13.4. The van der Waals surface area contributed by atoms with E-state index >= 15 is 0 Å². The van der Waals surface area contributed by atoms with Gasteiger partial charge in [0.1, 0.15) is 11.4 Å². The van der Waals surface area contributed by atoms with Gasteiger partial charge in [-0.3, -0.25) is 9.59 Å². The van der Waals surface area contributed by atoms with Crippen LogP contribution in [-0.4, -0.2) is 84.8 Å². The fraction of sp³-hybridized carbons (Fsp3) is 0.667. The lowest BCUT2D eigenvalue weighted by molar-refractivity contribution is -0.148. The van der Waals surface area contributed by atoms with Crippen molar-refractivity contribution in [3.8, 4) is 5.75 Å². The summed E-state index contributed by atoms with van der Waals surface area (Å²) in [6.07, 6.45) is 1.29. The van der Waals surface area contributed by atoms with E-state index in [0.717, 1.165) is 25.1 Å². The highest BCUT2D eigenvalue weighted by atomic mass is 35.5. The molecular formula is C27H40ClN3O6. The van der Waals surface area contributed by atoms with Crippen LogP contribution in [0.3, 0.4) is 0 Å². The predicted octanol–water partition coefficient (Wildman–Crippen LogP) is 4.36. The van der Waals surface area contributed by atoms with Crippen LogP contribution in [0.15, 0.2) is 18.2 Å². The van der Waals surface area contributed by atoms with Gasteiger partial charge in [0.2, 0.25) is 0 Å². The molecule has 37 heavy (non-hydrogen) atoms. The first-order chi connectivity index (χ1) is 17.3. The number of nitrogens with zero attached hydrogens (tertiary/aromatic N) is 3. The number of amides is 2. The van der Waals surface area contributed by atoms with Crippen molar-refractivity contribution in [2.75, 3.05) is 50.8 Å². The summed E-state index contributed by atoms with van der Waals surface area (Å²) in [5.74, 6) is -0.0525. The number of piperazine rings is 1. The normalized spacial score (nSPS) is 18.9. The summed E-state index contributed by atoms with van der Waals surface area (Å²) < 4.78 is 16.8. The molecule has 0 aliphatic carbocycles. The number of anilines is 1. The van der Waals surface area contributed by atoms with E-state index in [9.17, 15) is 14.4 Å². The number of rotatable bonds is 6. The van der Waals surface area contributed by atoms with Gasteiger partial charge in [-0.05, 0) is 66.5 Å². The van der Waals surface area contributed by atoms with E-state index in [1.807, 2.05) is 39.8 Å². The van der Waals surface area contributed by atoms with Gasteiger partial charge in [0.15, 0.2) is 5.60 Å². The van der Waals surface area contributed by atoms with Crippen LogP contribution in [-0.2, 0) is 19.1 Å². The second kappa shape index (κ2) is 11.8. The lowest BCUT2D eigenvalue weighted by Gasteiger charge is -2.39. The highest BCUT2D eigenvalue weighted by Gasteiger charge is 2.37. The SMILES string of the molecule is CCOC(=O)[C@@H]1CCCN(c2cc(Cl)cc(OC(C)(C)C(=O)N3CCN(C(=O)OC(C)(C)C)CC3)c2)C1. The van der Waals surface area contributed by atoms with Crippen molar-refractivity contribution in [1.29, 1.82) is 0 Å². The number of hydrogen-bond donors (Lipinski definition) is 0. The number of carbonyl (C=O) groups excluding carboxylic acids is 3. The molecule has 1 atom stereocenters. The maximum absolute atomic E-state index is 13.4. The molecule has 1 aromatic carbocycles. The summed E-state index contributed by atoms with van der Waals surface area (Å²) in [6.45, 7) is 14.0. The molecule has 0 bridgehead atoms. The third kappa shape index (κ3) is 7.90. The molecule has 1 aromatic rings. The van der Waals surface area contributed by atoms with E-state index in [1.165, 1.54) is 0 Å². The lowest BCUT2D eigenvalue weighted by atomic mass is 9.97. The second-order valence-electron chi connectivity index (χ2n) is 11.1. The van der Waals surface area contributed by atoms with E-state index in [1.54, 1.807) is 29.7 Å². The Hall–Kier alpha value is -2.68. The molecule has 2 fully saturated rings. The average Bonchev–Trinajstić information content (AvgIpc) is 2.82. The van der Waals surface area contributed by atoms with Crippen molar-refractivity contribution in [2.45, 2.75) is 65.6 Å². The molecule has 0 N–H and O–H groups in total. The predicted molar refractivity (Wildman–Crippen MR) is 142 cm³/mol. The minimum atomic E-state index is -1.15. The standard InChI is InChI=1S/C27H40ClN3O6/c1-7-35-23(32)19-9-8-10-31(18-19)21-15-20(28)16-22(17-21)36-27(5,6)24(33)29-11-13-30(14-12-29)25(34)37-26(2,3)4/h15-17,19H,7-14,18H2,1-6H3/t19-/m1/s1. The van der Waals surface area contributed by atoms with Crippen LogP contribution in [0.2, 0.25) is 5.02 Å². The number of benzene rings is 1. The van der Waals surface area contributed by atoms with Crippen LogP contribution >= 0.6 is 11.6 Å². The van der Waals surface area contributed by atoms with Crippen molar-refractivity contribution in [3.05, 3.63) is 23.2 Å². The van der Waals surface area contributed by atoms with Gasteiger partial charge >= 0.3 is 12.1 Å². The van der Waals surface area contributed by atoms with Gasteiger partial charge in [0.05, 0.1) is 12.5 Å². The fourth-order valence-electron chi connectivity index (χ4n) is 4.59. The molecule has 206 valence electrons. The number of halogens is 1. The molecule has 2 heterocycles. The topological polar surface area (TPSA) is 88.6 Å². The molecule has 2 amide bonds. The van der Waals surface area contributed by atoms with Crippen LogP contribution in [0, 0.1) is 5.92 Å². The fourth-order valence-corrected chi connectivity index (χ4v) is 4.81. The zero-order valence-electron chi connectivity index (χ0n) is 22.8. The lowest BCUT2D eigenvalue weighted by Crippen LogP contribution is -2.57. The van der Waals surface area contributed by atoms with Gasteiger partial charge in [-0.1, -0.05) is 11.6 Å². The van der Waals surface area contributed by atoms with E-state index in [4.69, 9.17) is 25.8 Å². The zero-order chi connectivity index (χ0) is 27.4. The Morgan fingerprint density at radius 3 is 2.24 bits per heavy atom. The molecule has 2 aliphatic heterocycles. The van der Waals surface area contributed by atoms with Crippen LogP contribution in [0.1, 0.15) is 54.4 Å². The first-order valence-electron chi connectivity index (χ1n) is 13.0. The van der Waals surface area contributed by atoms with Gasteiger partial charge in [-0.15, -0.1) is 0 Å². The molecule has 0 radical (unpaired) electrons. The number of hydrogen-bond acceptors (Lipinski definition) is 7. The molecule has 0 unspecified atom stereocenters. The van der Waals surface area contributed by atoms with E-state index in [0.29, 0.717) is 50.1 Å². The minimum absolute atomic E-state index is 0.168. The Kier molecular flexibility index (Phi) is 9.21. The Labute approximate surface area is 224 Å². The summed E-state index contributed by atoms with van der Waals surface area (Å²) in [5, 5.41) is 0.486. The molecule has 0 spiro atoms. The Morgan fingerprint density at radius 1 is 0.973 bits per heavy atom. The average molecular weight is 538 g/mol. The Bertz CT molecular complexity index is 985. The van der Waals surface area contributed by atoms with E-state index in [2.05, 4.69) is 4.90 Å². The maximum Gasteiger partial charge on any atom is 0.410 e. The van der Waals surface area contributed by atoms with E-state index in [-0.39, 0.29) is 23.9 Å². The summed E-state index contributed by atoms with van der Waals surface area (Å²) in [7, 11) is 0. The maximum atomic E-state index is 13.4. The molecule has 2 aliphatic rings. The molecule has 0 saturated carbocycles. The summed E-state index contributed by atoms with van der Waals surface area (Å²) in [5.41, 5.74) is -0.875. The third-order valence-electron chi connectivity index (χ3n) is 6.37. The Balaban J connectivity index is 1.64. The Morgan fingerprint density at radius 2 is 1.62 bits per heavy atom. The molecule has 0 aromatic heterocycles. The number of carbonyl (C=O) groups is 3. The van der Waals surface area contributed by atoms with Crippen LogP contribution in [0.25, 0.3) is 0 Å². The van der Waals surface area contributed by atoms with Crippen molar-refractivity contribution < 1.29 is 28.6 Å². The number of piperidine rings is 1. The van der Waals surface area contributed by atoms with Crippen molar-refractivity contribution >= 4 is 35.3 Å². The quantitative estimate of drug-likeness (QED) is 0.498. The van der Waals surface area contributed by atoms with Crippen LogP contribution < -0.4 is 9.64 Å². The minimum Gasteiger partial charge on any atom is -0.478 e. The molecule has 2 saturated heterocycles. The molecule has 9 nitrogen and oxygen atoms in total. The molecule has 3 rings (SSSR count). The van der Waals surface area contributed by atoms with Crippen molar-refractivity contribution in [2.24, 2.45) is 5.92 Å². The van der Waals surface area contributed by atoms with Gasteiger partial charge in [-0.25, -0.2) is 4.79 Å².